The van der Waals surface area contributed by atoms with E-state index in [1.54, 1.807) is 6.92 Å². The van der Waals surface area contributed by atoms with Crippen LogP contribution in [-0.4, -0.2) is 30.8 Å². The molecule has 3 aromatic rings. The number of rotatable bonds is 5. The van der Waals surface area contributed by atoms with Crippen LogP contribution in [-0.2, 0) is 10.7 Å². The number of aromatic nitrogens is 5. The zero-order valence-corrected chi connectivity index (χ0v) is 16.2. The van der Waals surface area contributed by atoms with Crippen molar-refractivity contribution in [3.8, 4) is 17.3 Å². The van der Waals surface area contributed by atoms with Crippen molar-refractivity contribution in [2.45, 2.75) is 26.7 Å². The number of hydrogen-bond donors (Lipinski definition) is 2. The molecule has 0 aliphatic carbocycles. The third kappa shape index (κ3) is 4.85. The Balaban J connectivity index is 2.08. The van der Waals surface area contributed by atoms with E-state index in [9.17, 15) is 13.6 Å². The number of halogens is 2. The summed E-state index contributed by atoms with van der Waals surface area (Å²) < 4.78 is 27.4. The highest BCUT2D eigenvalue weighted by Gasteiger charge is 2.29. The molecule has 30 heavy (non-hydrogen) atoms. The SMILES string of the molecule is CC(=O)Nc1cc(Nc2cc(C)nc(C(C)(F)F)n2)c(-c2cnc(C#N)cn2)cn1. The summed E-state index contributed by atoms with van der Waals surface area (Å²) in [7, 11) is 0. The number of hydrogen-bond acceptors (Lipinski definition) is 8. The van der Waals surface area contributed by atoms with Crippen LogP contribution in [0.5, 0.6) is 0 Å². The van der Waals surface area contributed by atoms with Crippen molar-refractivity contribution in [2.24, 2.45) is 0 Å². The molecule has 0 unspecified atom stereocenters. The molecule has 3 aromatic heterocycles. The van der Waals surface area contributed by atoms with Crippen molar-refractivity contribution < 1.29 is 13.6 Å². The van der Waals surface area contributed by atoms with Gasteiger partial charge in [-0.25, -0.2) is 19.9 Å². The molecule has 0 bridgehead atoms. The fraction of sp³-hybridized carbons (Fsp3) is 0.211. The normalized spacial score (nSPS) is 10.9. The summed E-state index contributed by atoms with van der Waals surface area (Å²) in [5.74, 6) is -3.81. The van der Waals surface area contributed by atoms with Gasteiger partial charge in [-0.15, -0.1) is 0 Å². The summed E-state index contributed by atoms with van der Waals surface area (Å²) in [6, 6.07) is 4.89. The van der Waals surface area contributed by atoms with Gasteiger partial charge in [-0.2, -0.15) is 14.0 Å². The van der Waals surface area contributed by atoms with Crippen LogP contribution < -0.4 is 10.6 Å². The van der Waals surface area contributed by atoms with Gasteiger partial charge in [0.05, 0.1) is 23.8 Å². The number of nitrogens with one attached hydrogen (secondary N) is 2. The summed E-state index contributed by atoms with van der Waals surface area (Å²) in [6.07, 6.45) is 4.12. The van der Waals surface area contributed by atoms with E-state index < -0.39 is 11.7 Å². The van der Waals surface area contributed by atoms with E-state index in [-0.39, 0.29) is 23.2 Å². The Bertz CT molecular complexity index is 1140. The topological polar surface area (TPSA) is 129 Å². The smallest absolute Gasteiger partial charge is 0.303 e. The lowest BCUT2D eigenvalue weighted by atomic mass is 10.1. The fourth-order valence-electron chi connectivity index (χ4n) is 2.50. The Morgan fingerprint density at radius 3 is 2.47 bits per heavy atom. The average molecular weight is 410 g/mol. The molecular formula is C19H16F2N8O. The molecule has 0 aliphatic rings. The highest BCUT2D eigenvalue weighted by atomic mass is 19.3. The van der Waals surface area contributed by atoms with E-state index in [2.05, 4.69) is 35.6 Å². The Morgan fingerprint density at radius 2 is 1.87 bits per heavy atom. The van der Waals surface area contributed by atoms with Crippen LogP contribution in [0.3, 0.4) is 0 Å². The third-order valence-corrected chi connectivity index (χ3v) is 3.76. The highest BCUT2D eigenvalue weighted by Crippen LogP contribution is 2.31. The molecule has 0 atom stereocenters. The first kappa shape index (κ1) is 20.7. The number of nitriles is 1. The Hall–Kier alpha value is -4.07. The van der Waals surface area contributed by atoms with Crippen LogP contribution in [0.2, 0.25) is 0 Å². The van der Waals surface area contributed by atoms with Crippen LogP contribution in [0.4, 0.5) is 26.1 Å². The number of carbonyl (C=O) groups is 1. The van der Waals surface area contributed by atoms with Crippen molar-refractivity contribution in [3.05, 3.63) is 47.9 Å². The molecule has 9 nitrogen and oxygen atoms in total. The number of alkyl halides is 2. The molecule has 0 aliphatic heterocycles. The molecular weight excluding hydrogens is 394 g/mol. The minimum atomic E-state index is -3.22. The molecule has 1 amide bonds. The molecule has 152 valence electrons. The van der Waals surface area contributed by atoms with Gasteiger partial charge in [0.2, 0.25) is 11.7 Å². The summed E-state index contributed by atoms with van der Waals surface area (Å²) in [5.41, 5.74) is 1.71. The molecule has 2 N–H and O–H groups in total. The molecule has 0 radical (unpaired) electrons. The average Bonchev–Trinajstić information content (AvgIpc) is 2.67. The number of carbonyl (C=O) groups excluding carboxylic acids is 1. The van der Waals surface area contributed by atoms with Crippen LogP contribution in [0.1, 0.15) is 31.1 Å². The van der Waals surface area contributed by atoms with Crippen molar-refractivity contribution >= 4 is 23.2 Å². The zero-order valence-electron chi connectivity index (χ0n) is 16.2. The maximum absolute atomic E-state index is 13.7. The predicted octanol–water partition coefficient (Wildman–Crippen LogP) is 3.32. The van der Waals surface area contributed by atoms with Gasteiger partial charge in [-0.05, 0) is 6.92 Å². The maximum Gasteiger partial charge on any atom is 0.303 e. The minimum absolute atomic E-state index is 0.127. The molecule has 11 heteroatoms. The monoisotopic (exact) mass is 410 g/mol. The largest absolute Gasteiger partial charge is 0.339 e. The second-order valence-electron chi connectivity index (χ2n) is 6.43. The van der Waals surface area contributed by atoms with Gasteiger partial charge in [0, 0.05) is 43.4 Å². The van der Waals surface area contributed by atoms with Gasteiger partial charge in [-0.3, -0.25) is 9.78 Å². The summed E-state index contributed by atoms with van der Waals surface area (Å²) in [5, 5.41) is 14.4. The van der Waals surface area contributed by atoms with Crippen LogP contribution >= 0.6 is 0 Å². The lowest BCUT2D eigenvalue weighted by molar-refractivity contribution is -0.114. The van der Waals surface area contributed by atoms with Crippen molar-refractivity contribution in [1.82, 2.24) is 24.9 Å². The van der Waals surface area contributed by atoms with E-state index in [1.807, 2.05) is 6.07 Å². The van der Waals surface area contributed by atoms with E-state index >= 15 is 0 Å². The second kappa shape index (κ2) is 8.12. The Kier molecular flexibility index (Phi) is 5.59. The molecule has 0 saturated carbocycles. The number of nitrogens with zero attached hydrogens (tertiary/aromatic N) is 6. The van der Waals surface area contributed by atoms with E-state index in [0.29, 0.717) is 29.6 Å². The molecule has 0 spiro atoms. The first-order valence-electron chi connectivity index (χ1n) is 8.67. The van der Waals surface area contributed by atoms with Gasteiger partial charge in [0.15, 0.2) is 5.69 Å². The fourth-order valence-corrected chi connectivity index (χ4v) is 2.50. The Morgan fingerprint density at radius 1 is 1.10 bits per heavy atom. The van der Waals surface area contributed by atoms with E-state index in [1.165, 1.54) is 37.6 Å². The zero-order chi connectivity index (χ0) is 21.9. The molecule has 0 aromatic carbocycles. The quantitative estimate of drug-likeness (QED) is 0.655. The number of aryl methyl sites for hydroxylation is 1. The van der Waals surface area contributed by atoms with Crippen molar-refractivity contribution in [3.63, 3.8) is 0 Å². The van der Waals surface area contributed by atoms with Crippen LogP contribution in [0.25, 0.3) is 11.3 Å². The standard InChI is InChI=1S/C19H16F2N8O/c1-10-4-17(29-18(26-10)19(3,20)21)28-14-5-16(27-11(2)30)25-8-13(14)15-9-23-12(6-22)7-24-15/h4-5,7-9H,1-3H3,(H2,25,26,27,28,29,30). The third-order valence-electron chi connectivity index (χ3n) is 3.76. The molecule has 3 heterocycles. The summed E-state index contributed by atoms with van der Waals surface area (Å²) in [6.45, 7) is 3.62. The summed E-state index contributed by atoms with van der Waals surface area (Å²) in [4.78, 5) is 31.4. The first-order valence-corrected chi connectivity index (χ1v) is 8.67. The van der Waals surface area contributed by atoms with E-state index in [4.69, 9.17) is 5.26 Å². The van der Waals surface area contributed by atoms with Gasteiger partial charge in [-0.1, -0.05) is 0 Å². The second-order valence-corrected chi connectivity index (χ2v) is 6.43. The number of anilines is 3. The van der Waals surface area contributed by atoms with Crippen molar-refractivity contribution in [2.75, 3.05) is 10.6 Å². The van der Waals surface area contributed by atoms with E-state index in [0.717, 1.165) is 0 Å². The molecule has 0 fully saturated rings. The predicted molar refractivity (Wildman–Crippen MR) is 104 cm³/mol. The lowest BCUT2D eigenvalue weighted by Gasteiger charge is -2.15. The Labute approximate surface area is 170 Å². The highest BCUT2D eigenvalue weighted by molar-refractivity contribution is 5.89. The number of pyridine rings is 1. The van der Waals surface area contributed by atoms with Crippen LogP contribution in [0.15, 0.2) is 30.7 Å². The van der Waals surface area contributed by atoms with Gasteiger partial charge < -0.3 is 10.6 Å². The van der Waals surface area contributed by atoms with Crippen LogP contribution in [0, 0.1) is 18.3 Å². The van der Waals surface area contributed by atoms with Gasteiger partial charge in [0.25, 0.3) is 0 Å². The maximum atomic E-state index is 13.7. The van der Waals surface area contributed by atoms with Gasteiger partial charge >= 0.3 is 5.92 Å². The molecule has 0 saturated heterocycles. The van der Waals surface area contributed by atoms with Gasteiger partial charge in [0.1, 0.15) is 17.7 Å². The molecule has 3 rings (SSSR count). The first-order chi connectivity index (χ1) is 14.2. The lowest BCUT2D eigenvalue weighted by Crippen LogP contribution is -2.14. The van der Waals surface area contributed by atoms with Crippen molar-refractivity contribution in [1.29, 1.82) is 5.26 Å². The summed E-state index contributed by atoms with van der Waals surface area (Å²) >= 11 is 0. The number of amides is 1. The minimum Gasteiger partial charge on any atom is -0.339 e.